The molecular formula is C7H13N4O6P. The Labute approximate surface area is 102 Å². The molecule has 102 valence electrons. The monoisotopic (exact) mass is 280 g/mol. The summed E-state index contributed by atoms with van der Waals surface area (Å²) in [6, 6.07) is 0. The van der Waals surface area contributed by atoms with Crippen LogP contribution < -0.4 is 5.73 Å². The normalized spacial score (nSPS) is 18.0. The van der Waals surface area contributed by atoms with Crippen LogP contribution in [0.5, 0.6) is 0 Å². The molecule has 1 rings (SSSR count). The zero-order valence-electron chi connectivity index (χ0n) is 9.37. The van der Waals surface area contributed by atoms with Gasteiger partial charge in [0.2, 0.25) is 0 Å². The van der Waals surface area contributed by atoms with Crippen molar-refractivity contribution in [2.24, 2.45) is 5.73 Å². The third kappa shape index (κ3) is 3.34. The molecule has 1 amide bonds. The van der Waals surface area contributed by atoms with Crippen LogP contribution in [0.2, 0.25) is 0 Å². The van der Waals surface area contributed by atoms with Gasteiger partial charge < -0.3 is 25.4 Å². The number of nitrogens with zero attached hydrogens (tertiary/aromatic N) is 3. The maximum Gasteiger partial charge on any atom is 0.358 e. The van der Waals surface area contributed by atoms with Gasteiger partial charge in [0.05, 0.1) is 12.7 Å². The van der Waals surface area contributed by atoms with Crippen LogP contribution in [-0.4, -0.2) is 55.1 Å². The highest BCUT2D eigenvalue weighted by Crippen LogP contribution is 2.46. The second-order valence-corrected chi connectivity index (χ2v) is 5.44. The van der Waals surface area contributed by atoms with Crippen molar-refractivity contribution < 1.29 is 29.0 Å². The number of carbonyl (C=O) groups excluding carboxylic acids is 1. The summed E-state index contributed by atoms with van der Waals surface area (Å²) in [7, 11) is -3.39. The third-order valence-corrected chi connectivity index (χ3v) is 3.64. The van der Waals surface area contributed by atoms with Gasteiger partial charge in [0.25, 0.3) is 5.91 Å². The predicted molar refractivity (Wildman–Crippen MR) is 57.4 cm³/mol. The number of aliphatic hydroxyl groups is 2. The summed E-state index contributed by atoms with van der Waals surface area (Å²) in [5, 5.41) is 25.7. The molecule has 0 aromatic carbocycles. The van der Waals surface area contributed by atoms with E-state index in [-0.39, 0.29) is 12.2 Å². The van der Waals surface area contributed by atoms with Crippen molar-refractivity contribution in [2.45, 2.75) is 18.5 Å². The molecule has 0 fully saturated rings. The summed E-state index contributed by atoms with van der Waals surface area (Å²) in [6.45, 7) is -0.352. The van der Waals surface area contributed by atoms with E-state index in [1.165, 1.54) is 0 Å². The fourth-order valence-electron chi connectivity index (χ4n) is 1.11. The lowest BCUT2D eigenvalue weighted by Crippen LogP contribution is -2.31. The Morgan fingerprint density at radius 1 is 1.67 bits per heavy atom. The van der Waals surface area contributed by atoms with Crippen LogP contribution >= 0.6 is 7.60 Å². The number of primary amides is 1. The van der Waals surface area contributed by atoms with Crippen molar-refractivity contribution >= 4 is 13.5 Å². The Morgan fingerprint density at radius 3 is 2.72 bits per heavy atom. The van der Waals surface area contributed by atoms with Gasteiger partial charge in [-0.3, -0.25) is 9.36 Å². The molecule has 0 bridgehead atoms. The quantitative estimate of drug-likeness (QED) is 0.430. The van der Waals surface area contributed by atoms with Gasteiger partial charge in [-0.1, -0.05) is 5.21 Å². The minimum atomic E-state index is -4.32. The van der Waals surface area contributed by atoms with Crippen LogP contribution in [0.15, 0.2) is 6.20 Å². The van der Waals surface area contributed by atoms with Crippen LogP contribution in [0.4, 0.5) is 0 Å². The average Bonchev–Trinajstić information content (AvgIpc) is 2.76. The lowest BCUT2D eigenvalue weighted by Gasteiger charge is -2.20. The van der Waals surface area contributed by atoms with Gasteiger partial charge in [0, 0.05) is 7.11 Å². The van der Waals surface area contributed by atoms with E-state index in [2.05, 4.69) is 14.8 Å². The maximum atomic E-state index is 11.2. The first kappa shape index (κ1) is 14.7. The fourth-order valence-corrected chi connectivity index (χ4v) is 1.86. The standard InChI is InChI=1S/C7H13N4O6P/c1-17-18(15,16)7(14)5(12)3-11-2-4(6(8)13)9-10-11/h2,5,7,12,14H,3H2,1H3,(H2,8,13)(H,15,16)/t5-,7-/m0/s1. The molecular weight excluding hydrogens is 267 g/mol. The number of rotatable bonds is 6. The van der Waals surface area contributed by atoms with E-state index in [0.29, 0.717) is 0 Å². The lowest BCUT2D eigenvalue weighted by molar-refractivity contribution is 0.0356. The Hall–Kier alpha value is -1.32. The van der Waals surface area contributed by atoms with Gasteiger partial charge in [-0.25, -0.2) is 4.68 Å². The highest BCUT2D eigenvalue weighted by molar-refractivity contribution is 7.53. The molecule has 0 aliphatic rings. The molecule has 0 aliphatic carbocycles. The summed E-state index contributed by atoms with van der Waals surface area (Å²) in [5.74, 6) is -2.80. The molecule has 11 heteroatoms. The van der Waals surface area contributed by atoms with E-state index in [4.69, 9.17) is 10.6 Å². The number of hydrogen-bond donors (Lipinski definition) is 4. The Balaban J connectivity index is 2.72. The van der Waals surface area contributed by atoms with E-state index in [1.54, 1.807) is 0 Å². The van der Waals surface area contributed by atoms with Gasteiger partial charge in [-0.15, -0.1) is 5.10 Å². The minimum absolute atomic E-state index is 0.129. The Kier molecular flexibility index (Phi) is 4.54. The number of aromatic nitrogens is 3. The van der Waals surface area contributed by atoms with Gasteiger partial charge in [0.15, 0.2) is 11.5 Å². The number of carbonyl (C=O) groups is 1. The van der Waals surface area contributed by atoms with Gasteiger partial charge in [-0.2, -0.15) is 0 Å². The van der Waals surface area contributed by atoms with Crippen LogP contribution in [0.25, 0.3) is 0 Å². The first-order valence-corrected chi connectivity index (χ1v) is 6.37. The molecule has 1 heterocycles. The number of nitrogens with two attached hydrogens (primary N) is 1. The molecule has 5 N–H and O–H groups in total. The molecule has 1 unspecified atom stereocenters. The van der Waals surface area contributed by atoms with E-state index in [1.807, 2.05) is 0 Å². The predicted octanol–water partition coefficient (Wildman–Crippen LogP) is -2.11. The van der Waals surface area contributed by atoms with Crippen molar-refractivity contribution in [2.75, 3.05) is 7.11 Å². The number of hydrogen-bond acceptors (Lipinski definition) is 7. The number of amides is 1. The van der Waals surface area contributed by atoms with E-state index >= 15 is 0 Å². The van der Waals surface area contributed by atoms with Gasteiger partial charge in [0.1, 0.15) is 6.10 Å². The fraction of sp³-hybridized carbons (Fsp3) is 0.571. The molecule has 0 saturated carbocycles. The topological polar surface area (TPSA) is 161 Å². The summed E-state index contributed by atoms with van der Waals surface area (Å²) >= 11 is 0. The van der Waals surface area contributed by atoms with Gasteiger partial charge >= 0.3 is 7.60 Å². The largest absolute Gasteiger partial charge is 0.388 e. The highest BCUT2D eigenvalue weighted by atomic mass is 31.2. The lowest BCUT2D eigenvalue weighted by atomic mass is 10.4. The van der Waals surface area contributed by atoms with E-state index in [9.17, 15) is 19.6 Å². The van der Waals surface area contributed by atoms with Crippen molar-refractivity contribution in [1.29, 1.82) is 0 Å². The van der Waals surface area contributed by atoms with Crippen LogP contribution in [0.1, 0.15) is 10.5 Å². The third-order valence-electron chi connectivity index (χ3n) is 2.11. The molecule has 0 radical (unpaired) electrons. The summed E-state index contributed by atoms with van der Waals surface area (Å²) in [5.41, 5.74) is 4.81. The molecule has 18 heavy (non-hydrogen) atoms. The smallest absolute Gasteiger partial charge is 0.358 e. The van der Waals surface area contributed by atoms with Crippen LogP contribution in [0.3, 0.4) is 0 Å². The van der Waals surface area contributed by atoms with E-state index in [0.717, 1.165) is 18.0 Å². The molecule has 10 nitrogen and oxygen atoms in total. The van der Waals surface area contributed by atoms with Crippen molar-refractivity contribution in [3.05, 3.63) is 11.9 Å². The number of aliphatic hydroxyl groups excluding tert-OH is 2. The molecule has 1 aromatic heterocycles. The van der Waals surface area contributed by atoms with Gasteiger partial charge in [-0.05, 0) is 0 Å². The van der Waals surface area contributed by atoms with Crippen molar-refractivity contribution in [1.82, 2.24) is 15.0 Å². The van der Waals surface area contributed by atoms with Crippen molar-refractivity contribution in [3.63, 3.8) is 0 Å². The van der Waals surface area contributed by atoms with Crippen LogP contribution in [0, 0.1) is 0 Å². The van der Waals surface area contributed by atoms with Crippen LogP contribution in [-0.2, 0) is 15.6 Å². The minimum Gasteiger partial charge on any atom is -0.388 e. The zero-order chi connectivity index (χ0) is 13.9. The zero-order valence-corrected chi connectivity index (χ0v) is 10.3. The summed E-state index contributed by atoms with van der Waals surface area (Å²) < 4.78 is 16.4. The molecule has 1 aromatic rings. The molecule has 3 atom stereocenters. The summed E-state index contributed by atoms with van der Waals surface area (Å²) in [6.07, 6.45) is -0.490. The molecule has 0 saturated heterocycles. The van der Waals surface area contributed by atoms with Crippen molar-refractivity contribution in [3.8, 4) is 0 Å². The summed E-state index contributed by atoms with van der Waals surface area (Å²) in [4.78, 5) is 19.9. The highest BCUT2D eigenvalue weighted by Gasteiger charge is 2.36. The first-order chi connectivity index (χ1) is 8.27. The second kappa shape index (κ2) is 5.55. The molecule has 0 spiro atoms. The Morgan fingerprint density at radius 2 is 2.28 bits per heavy atom. The maximum absolute atomic E-state index is 11.2. The van der Waals surface area contributed by atoms with E-state index < -0.39 is 25.5 Å². The molecule has 0 aliphatic heterocycles. The average molecular weight is 280 g/mol. The first-order valence-electron chi connectivity index (χ1n) is 4.72. The Bertz CT molecular complexity index is 476. The second-order valence-electron chi connectivity index (χ2n) is 3.42. The SMILES string of the molecule is COP(=O)(O)[C@H](O)[C@@H](O)Cn1cc(C(N)=O)nn1.